The highest BCUT2D eigenvalue weighted by atomic mass is 16.5. The predicted octanol–water partition coefficient (Wildman–Crippen LogP) is 2.80. The molecule has 1 saturated carbocycles. The molecule has 2 N–H and O–H groups in total. The van der Waals surface area contributed by atoms with E-state index < -0.39 is 0 Å². The van der Waals surface area contributed by atoms with E-state index in [4.69, 9.17) is 4.74 Å². The molecule has 0 unspecified atom stereocenters. The zero-order valence-electron chi connectivity index (χ0n) is 13.3. The Balaban J connectivity index is 1.68. The molecule has 0 saturated heterocycles. The van der Waals surface area contributed by atoms with E-state index in [1.807, 2.05) is 54.6 Å². The Kier molecular flexibility index (Phi) is 4.93. The van der Waals surface area contributed by atoms with E-state index in [9.17, 15) is 4.79 Å². The fourth-order valence-corrected chi connectivity index (χ4v) is 2.48. The second kappa shape index (κ2) is 7.29. The van der Waals surface area contributed by atoms with E-state index in [2.05, 4.69) is 10.6 Å². The lowest BCUT2D eigenvalue weighted by Gasteiger charge is -2.19. The van der Waals surface area contributed by atoms with Crippen LogP contribution in [0.4, 0.5) is 0 Å². The number of carbonyl (C=O) groups is 1. The number of rotatable bonds is 7. The third kappa shape index (κ3) is 4.33. The fraction of sp³-hybridized carbons (Fsp3) is 0.316. The summed E-state index contributed by atoms with van der Waals surface area (Å²) in [6.07, 6.45) is 2.18. The summed E-state index contributed by atoms with van der Waals surface area (Å²) in [5.41, 5.74) is 2.10. The average molecular weight is 310 g/mol. The Labute approximate surface area is 136 Å². The summed E-state index contributed by atoms with van der Waals surface area (Å²) in [4.78, 5) is 12.5. The monoisotopic (exact) mass is 310 g/mol. The summed E-state index contributed by atoms with van der Waals surface area (Å²) in [6, 6.07) is 17.7. The molecule has 23 heavy (non-hydrogen) atoms. The normalized spacial score (nSPS) is 15.0. The van der Waals surface area contributed by atoms with Gasteiger partial charge < -0.3 is 10.1 Å². The summed E-state index contributed by atoms with van der Waals surface area (Å²) in [7, 11) is 1.65. The Bertz CT molecular complexity index is 636. The van der Waals surface area contributed by atoms with Gasteiger partial charge in [-0.15, -0.1) is 0 Å². The standard InChI is InChI=1S/C19H22N2O2/c1-23-17-11-7-14(8-12-17)13-20-18(15-5-3-2-4-6-15)19(22)21-16-9-10-16/h2-8,11-12,16,18,20H,9-10,13H2,1H3,(H,21,22)/t18-/m1/s1. The van der Waals surface area contributed by atoms with Crippen molar-refractivity contribution in [1.82, 2.24) is 10.6 Å². The first-order chi connectivity index (χ1) is 11.3. The van der Waals surface area contributed by atoms with Crippen LogP contribution in [0.15, 0.2) is 54.6 Å². The maximum Gasteiger partial charge on any atom is 0.241 e. The zero-order chi connectivity index (χ0) is 16.1. The first kappa shape index (κ1) is 15.6. The molecule has 3 rings (SSSR count). The molecule has 2 aromatic carbocycles. The summed E-state index contributed by atoms with van der Waals surface area (Å²) in [5.74, 6) is 0.882. The lowest BCUT2D eigenvalue weighted by Crippen LogP contribution is -2.38. The van der Waals surface area contributed by atoms with Crippen molar-refractivity contribution < 1.29 is 9.53 Å². The van der Waals surface area contributed by atoms with Gasteiger partial charge in [-0.3, -0.25) is 10.1 Å². The van der Waals surface area contributed by atoms with Crippen LogP contribution in [-0.2, 0) is 11.3 Å². The highest BCUT2D eigenvalue weighted by molar-refractivity contribution is 5.83. The number of ether oxygens (including phenoxy) is 1. The van der Waals surface area contributed by atoms with Gasteiger partial charge in [0.15, 0.2) is 0 Å². The number of hydrogen-bond acceptors (Lipinski definition) is 3. The summed E-state index contributed by atoms with van der Waals surface area (Å²) in [6.45, 7) is 0.627. The maximum absolute atomic E-state index is 12.5. The molecule has 4 nitrogen and oxygen atoms in total. The lowest BCUT2D eigenvalue weighted by atomic mass is 10.1. The number of nitrogens with one attached hydrogen (secondary N) is 2. The molecule has 2 aromatic rings. The van der Waals surface area contributed by atoms with E-state index in [1.165, 1.54) is 0 Å². The summed E-state index contributed by atoms with van der Waals surface area (Å²) >= 11 is 0. The molecule has 120 valence electrons. The maximum atomic E-state index is 12.5. The SMILES string of the molecule is COc1ccc(CN[C@@H](C(=O)NC2CC2)c2ccccc2)cc1. The predicted molar refractivity (Wildman–Crippen MR) is 90.2 cm³/mol. The van der Waals surface area contributed by atoms with E-state index in [0.717, 1.165) is 29.7 Å². The van der Waals surface area contributed by atoms with Crippen LogP contribution in [0, 0.1) is 0 Å². The van der Waals surface area contributed by atoms with Crippen LogP contribution >= 0.6 is 0 Å². The van der Waals surface area contributed by atoms with Gasteiger partial charge in [0.2, 0.25) is 5.91 Å². The van der Waals surface area contributed by atoms with Gasteiger partial charge in [-0.2, -0.15) is 0 Å². The van der Waals surface area contributed by atoms with Crippen molar-refractivity contribution in [2.45, 2.75) is 31.5 Å². The van der Waals surface area contributed by atoms with E-state index >= 15 is 0 Å². The fourth-order valence-electron chi connectivity index (χ4n) is 2.48. The average Bonchev–Trinajstić information content (AvgIpc) is 3.40. The van der Waals surface area contributed by atoms with Gasteiger partial charge in [-0.05, 0) is 36.1 Å². The number of hydrogen-bond donors (Lipinski definition) is 2. The first-order valence-electron chi connectivity index (χ1n) is 7.98. The molecule has 1 amide bonds. The molecule has 1 aliphatic carbocycles. The van der Waals surface area contributed by atoms with Crippen molar-refractivity contribution in [3.05, 3.63) is 65.7 Å². The van der Waals surface area contributed by atoms with E-state index in [1.54, 1.807) is 7.11 Å². The molecule has 1 fully saturated rings. The van der Waals surface area contributed by atoms with Gasteiger partial charge in [-0.1, -0.05) is 42.5 Å². The van der Waals surface area contributed by atoms with Crippen molar-refractivity contribution in [2.24, 2.45) is 0 Å². The smallest absolute Gasteiger partial charge is 0.241 e. The molecule has 0 spiro atoms. The Morgan fingerprint density at radius 1 is 1.13 bits per heavy atom. The second-order valence-corrected chi connectivity index (χ2v) is 5.86. The van der Waals surface area contributed by atoms with Crippen molar-refractivity contribution in [3.63, 3.8) is 0 Å². The van der Waals surface area contributed by atoms with Crippen molar-refractivity contribution >= 4 is 5.91 Å². The third-order valence-electron chi connectivity index (χ3n) is 3.99. The van der Waals surface area contributed by atoms with Crippen molar-refractivity contribution in [1.29, 1.82) is 0 Å². The molecular weight excluding hydrogens is 288 g/mol. The molecule has 4 heteroatoms. The minimum atomic E-state index is -0.334. The van der Waals surface area contributed by atoms with Gasteiger partial charge in [-0.25, -0.2) is 0 Å². The Hall–Kier alpha value is -2.33. The number of carbonyl (C=O) groups excluding carboxylic acids is 1. The molecule has 0 aliphatic heterocycles. The highest BCUT2D eigenvalue weighted by Crippen LogP contribution is 2.21. The third-order valence-corrected chi connectivity index (χ3v) is 3.99. The first-order valence-corrected chi connectivity index (χ1v) is 7.98. The van der Waals surface area contributed by atoms with Crippen LogP contribution in [0.3, 0.4) is 0 Å². The van der Waals surface area contributed by atoms with Crippen LogP contribution < -0.4 is 15.4 Å². The van der Waals surface area contributed by atoms with Gasteiger partial charge >= 0.3 is 0 Å². The lowest BCUT2D eigenvalue weighted by molar-refractivity contribution is -0.123. The van der Waals surface area contributed by atoms with Gasteiger partial charge in [0.1, 0.15) is 11.8 Å². The molecule has 0 radical (unpaired) electrons. The molecule has 1 aliphatic rings. The zero-order valence-corrected chi connectivity index (χ0v) is 13.3. The van der Waals surface area contributed by atoms with Gasteiger partial charge in [0.25, 0.3) is 0 Å². The van der Waals surface area contributed by atoms with Gasteiger partial charge in [0, 0.05) is 12.6 Å². The number of methoxy groups -OCH3 is 1. The molecule has 0 bridgehead atoms. The van der Waals surface area contributed by atoms with Crippen LogP contribution in [0.2, 0.25) is 0 Å². The molecule has 0 aromatic heterocycles. The Morgan fingerprint density at radius 3 is 2.43 bits per heavy atom. The van der Waals surface area contributed by atoms with E-state index in [-0.39, 0.29) is 11.9 Å². The highest BCUT2D eigenvalue weighted by Gasteiger charge is 2.28. The van der Waals surface area contributed by atoms with Crippen LogP contribution in [0.5, 0.6) is 5.75 Å². The summed E-state index contributed by atoms with van der Waals surface area (Å²) in [5, 5.41) is 6.46. The van der Waals surface area contributed by atoms with E-state index in [0.29, 0.717) is 12.6 Å². The minimum Gasteiger partial charge on any atom is -0.497 e. The summed E-state index contributed by atoms with van der Waals surface area (Å²) < 4.78 is 5.17. The van der Waals surface area contributed by atoms with Crippen LogP contribution in [0.1, 0.15) is 30.0 Å². The van der Waals surface area contributed by atoms with Crippen molar-refractivity contribution in [3.8, 4) is 5.75 Å². The number of amides is 1. The van der Waals surface area contributed by atoms with Gasteiger partial charge in [0.05, 0.1) is 7.11 Å². The van der Waals surface area contributed by atoms with Crippen LogP contribution in [0.25, 0.3) is 0 Å². The molecule has 1 atom stereocenters. The minimum absolute atomic E-state index is 0.0483. The van der Waals surface area contributed by atoms with Crippen LogP contribution in [-0.4, -0.2) is 19.1 Å². The molecular formula is C19H22N2O2. The molecule has 0 heterocycles. The topological polar surface area (TPSA) is 50.4 Å². The Morgan fingerprint density at radius 2 is 1.83 bits per heavy atom. The quantitative estimate of drug-likeness (QED) is 0.827. The second-order valence-electron chi connectivity index (χ2n) is 5.86. The van der Waals surface area contributed by atoms with Crippen molar-refractivity contribution in [2.75, 3.05) is 7.11 Å². The largest absolute Gasteiger partial charge is 0.497 e. The number of benzene rings is 2.